The van der Waals surface area contributed by atoms with Crippen LogP contribution in [0.3, 0.4) is 0 Å². The SMILES string of the molecule is COc1ccc(CNS(=O)(=O)c2cc(C(C(N)=O)c3ccccc3Cl)ccc2-n2cc(C(C)C)cn2)c(OC)c1. The Morgan fingerprint density at radius 1 is 1.05 bits per heavy atom. The quantitative estimate of drug-likeness (QED) is 0.263. The fourth-order valence-electron chi connectivity index (χ4n) is 4.34. The minimum Gasteiger partial charge on any atom is -0.497 e. The van der Waals surface area contributed by atoms with Gasteiger partial charge in [-0.25, -0.2) is 17.8 Å². The zero-order chi connectivity index (χ0) is 29.0. The van der Waals surface area contributed by atoms with Crippen molar-refractivity contribution in [1.82, 2.24) is 14.5 Å². The van der Waals surface area contributed by atoms with Crippen LogP contribution in [0.1, 0.15) is 47.9 Å². The van der Waals surface area contributed by atoms with E-state index in [-0.39, 0.29) is 17.4 Å². The molecule has 1 aromatic heterocycles. The Balaban J connectivity index is 1.82. The molecule has 210 valence electrons. The normalized spacial score (nSPS) is 12.3. The van der Waals surface area contributed by atoms with E-state index in [2.05, 4.69) is 9.82 Å². The zero-order valence-corrected chi connectivity index (χ0v) is 24.2. The molecule has 0 aliphatic carbocycles. The van der Waals surface area contributed by atoms with Gasteiger partial charge >= 0.3 is 0 Å². The minimum absolute atomic E-state index is 0.0563. The maximum Gasteiger partial charge on any atom is 0.243 e. The molecule has 0 saturated carbocycles. The third kappa shape index (κ3) is 6.14. The summed E-state index contributed by atoms with van der Waals surface area (Å²) in [6.45, 7) is 3.99. The molecular formula is C29H31ClN4O5S. The van der Waals surface area contributed by atoms with Crippen molar-refractivity contribution in [3.05, 3.63) is 100 Å². The molecule has 0 radical (unpaired) electrons. The molecule has 0 bridgehead atoms. The highest BCUT2D eigenvalue weighted by Gasteiger charge is 2.27. The number of methoxy groups -OCH3 is 2. The number of nitrogens with two attached hydrogens (primary N) is 1. The van der Waals surface area contributed by atoms with Crippen LogP contribution in [-0.4, -0.2) is 38.3 Å². The molecule has 1 heterocycles. The summed E-state index contributed by atoms with van der Waals surface area (Å²) in [4.78, 5) is 12.6. The summed E-state index contributed by atoms with van der Waals surface area (Å²) in [5.41, 5.74) is 8.51. The number of carbonyl (C=O) groups is 1. The van der Waals surface area contributed by atoms with Crippen LogP contribution in [0.5, 0.6) is 11.5 Å². The van der Waals surface area contributed by atoms with Gasteiger partial charge in [-0.3, -0.25) is 4.79 Å². The third-order valence-electron chi connectivity index (χ3n) is 6.57. The molecule has 1 amide bonds. The number of halogens is 1. The molecule has 1 unspecified atom stereocenters. The molecule has 0 aliphatic heterocycles. The Hall–Kier alpha value is -3.86. The van der Waals surface area contributed by atoms with Gasteiger partial charge in [-0.1, -0.05) is 55.8 Å². The number of primary amides is 1. The standard InChI is InChI=1S/C29H31ClN4O5S/c1-18(2)21-15-32-34(17-21)25-12-10-19(28(29(31)35)23-7-5-6-8-24(23)30)13-27(25)40(36,37)33-16-20-9-11-22(38-3)14-26(20)39-4/h5-15,17-18,28,33H,16H2,1-4H3,(H2,31,35). The van der Waals surface area contributed by atoms with Gasteiger partial charge in [-0.15, -0.1) is 0 Å². The van der Waals surface area contributed by atoms with E-state index in [1.807, 2.05) is 13.8 Å². The Kier molecular flexibility index (Phi) is 8.82. The predicted octanol–water partition coefficient (Wildman–Crippen LogP) is 4.76. The van der Waals surface area contributed by atoms with Gasteiger partial charge in [0.25, 0.3) is 0 Å². The maximum atomic E-state index is 13.9. The van der Waals surface area contributed by atoms with E-state index in [4.69, 9.17) is 26.8 Å². The number of carbonyl (C=O) groups excluding carboxylic acids is 1. The van der Waals surface area contributed by atoms with Crippen molar-refractivity contribution in [3.63, 3.8) is 0 Å². The van der Waals surface area contributed by atoms with E-state index in [1.165, 1.54) is 25.0 Å². The molecule has 4 rings (SSSR count). The first kappa shape index (κ1) is 29.1. The summed E-state index contributed by atoms with van der Waals surface area (Å²) in [6.07, 6.45) is 3.48. The molecule has 3 N–H and O–H groups in total. The van der Waals surface area contributed by atoms with Crippen LogP contribution in [0.15, 0.2) is 78.0 Å². The van der Waals surface area contributed by atoms with Crippen LogP contribution in [0.2, 0.25) is 5.02 Å². The second kappa shape index (κ2) is 12.1. The van der Waals surface area contributed by atoms with Crippen molar-refractivity contribution in [3.8, 4) is 17.2 Å². The predicted molar refractivity (Wildman–Crippen MR) is 154 cm³/mol. The number of nitrogens with one attached hydrogen (secondary N) is 1. The second-order valence-corrected chi connectivity index (χ2v) is 11.6. The first-order valence-corrected chi connectivity index (χ1v) is 14.3. The Morgan fingerprint density at radius 2 is 1.80 bits per heavy atom. The van der Waals surface area contributed by atoms with Crippen LogP contribution >= 0.6 is 11.6 Å². The fourth-order valence-corrected chi connectivity index (χ4v) is 5.81. The molecule has 4 aromatic rings. The largest absolute Gasteiger partial charge is 0.497 e. The molecule has 0 fully saturated rings. The molecule has 0 spiro atoms. The van der Waals surface area contributed by atoms with Crippen molar-refractivity contribution in [2.24, 2.45) is 5.73 Å². The number of benzene rings is 3. The average Bonchev–Trinajstić information content (AvgIpc) is 3.43. The number of rotatable bonds is 11. The molecular weight excluding hydrogens is 552 g/mol. The minimum atomic E-state index is -4.15. The Labute approximate surface area is 238 Å². The van der Waals surface area contributed by atoms with E-state index >= 15 is 0 Å². The lowest BCUT2D eigenvalue weighted by Gasteiger charge is -2.19. The molecule has 11 heteroatoms. The number of sulfonamides is 1. The molecule has 40 heavy (non-hydrogen) atoms. The summed E-state index contributed by atoms with van der Waals surface area (Å²) in [7, 11) is -1.11. The van der Waals surface area contributed by atoms with Gasteiger partial charge in [-0.05, 0) is 46.9 Å². The van der Waals surface area contributed by atoms with Crippen LogP contribution in [-0.2, 0) is 21.4 Å². The lowest BCUT2D eigenvalue weighted by Crippen LogP contribution is -2.26. The molecule has 9 nitrogen and oxygen atoms in total. The zero-order valence-electron chi connectivity index (χ0n) is 22.6. The van der Waals surface area contributed by atoms with E-state index < -0.39 is 21.8 Å². The van der Waals surface area contributed by atoms with Crippen molar-refractivity contribution < 1.29 is 22.7 Å². The van der Waals surface area contributed by atoms with Gasteiger partial charge in [0.1, 0.15) is 16.4 Å². The van der Waals surface area contributed by atoms with Gasteiger partial charge in [-0.2, -0.15) is 5.10 Å². The number of hydrogen-bond donors (Lipinski definition) is 2. The highest BCUT2D eigenvalue weighted by molar-refractivity contribution is 7.89. The third-order valence-corrected chi connectivity index (χ3v) is 8.34. The number of hydrogen-bond acceptors (Lipinski definition) is 6. The molecule has 0 aliphatic rings. The summed E-state index contributed by atoms with van der Waals surface area (Å²) in [6, 6.07) is 16.7. The lowest BCUT2D eigenvalue weighted by molar-refractivity contribution is -0.118. The van der Waals surface area contributed by atoms with Crippen molar-refractivity contribution in [2.45, 2.75) is 37.1 Å². The van der Waals surface area contributed by atoms with E-state index in [0.717, 1.165) is 5.56 Å². The smallest absolute Gasteiger partial charge is 0.243 e. The van der Waals surface area contributed by atoms with Crippen LogP contribution in [0, 0.1) is 0 Å². The van der Waals surface area contributed by atoms with Crippen molar-refractivity contribution in [2.75, 3.05) is 14.2 Å². The van der Waals surface area contributed by atoms with Crippen molar-refractivity contribution in [1.29, 1.82) is 0 Å². The second-order valence-electron chi connectivity index (χ2n) is 9.46. The summed E-state index contributed by atoms with van der Waals surface area (Å²) < 4.78 is 42.5. The van der Waals surface area contributed by atoms with Crippen LogP contribution < -0.4 is 19.9 Å². The highest BCUT2D eigenvalue weighted by atomic mass is 35.5. The first-order valence-electron chi connectivity index (χ1n) is 12.5. The highest BCUT2D eigenvalue weighted by Crippen LogP contribution is 2.33. The monoisotopic (exact) mass is 582 g/mol. The molecule has 0 saturated heterocycles. The summed E-state index contributed by atoms with van der Waals surface area (Å²) in [5.74, 6) is -0.399. The topological polar surface area (TPSA) is 126 Å². The van der Waals surface area contributed by atoms with Gasteiger partial charge < -0.3 is 15.2 Å². The van der Waals surface area contributed by atoms with E-state index in [1.54, 1.807) is 67.0 Å². The van der Waals surface area contributed by atoms with Gasteiger partial charge in [0.15, 0.2) is 0 Å². The number of amides is 1. The maximum absolute atomic E-state index is 13.9. The summed E-state index contributed by atoms with van der Waals surface area (Å²) in [5, 5.41) is 4.75. The number of aromatic nitrogens is 2. The van der Waals surface area contributed by atoms with Gasteiger partial charge in [0.2, 0.25) is 15.9 Å². The Morgan fingerprint density at radius 3 is 2.42 bits per heavy atom. The lowest BCUT2D eigenvalue weighted by atomic mass is 9.90. The number of nitrogens with zero attached hydrogens (tertiary/aromatic N) is 2. The average molecular weight is 583 g/mol. The Bertz CT molecular complexity index is 1640. The van der Waals surface area contributed by atoms with E-state index in [0.29, 0.717) is 38.9 Å². The van der Waals surface area contributed by atoms with Crippen LogP contribution in [0.25, 0.3) is 5.69 Å². The van der Waals surface area contributed by atoms with Gasteiger partial charge in [0, 0.05) is 29.4 Å². The molecule has 3 aromatic carbocycles. The van der Waals surface area contributed by atoms with Crippen molar-refractivity contribution >= 4 is 27.5 Å². The van der Waals surface area contributed by atoms with Crippen LogP contribution in [0.4, 0.5) is 0 Å². The fraction of sp³-hybridized carbons (Fsp3) is 0.241. The number of ether oxygens (including phenoxy) is 2. The van der Waals surface area contributed by atoms with E-state index in [9.17, 15) is 13.2 Å². The summed E-state index contributed by atoms with van der Waals surface area (Å²) >= 11 is 6.40. The molecule has 1 atom stereocenters. The first-order chi connectivity index (χ1) is 19.1. The van der Waals surface area contributed by atoms with Gasteiger partial charge in [0.05, 0.1) is 32.0 Å².